The normalized spacial score (nSPS) is 12.9. The summed E-state index contributed by atoms with van der Waals surface area (Å²) in [7, 11) is 1.95. The van der Waals surface area contributed by atoms with Gasteiger partial charge in [-0.15, -0.1) is 0 Å². The van der Waals surface area contributed by atoms with Crippen molar-refractivity contribution in [2.75, 3.05) is 0 Å². The molecule has 1 heterocycles. The lowest BCUT2D eigenvalue weighted by Gasteiger charge is -2.09. The molecule has 4 nitrogen and oxygen atoms in total. The molecular formula is C12H14N2O2. The standard InChI is InChI=1S/C12H14N2O2/c1-14-5-4-8-2-3-9(6-11(8)14)10(13)7-12(15)16/h2-6,10H,7,13H2,1H3,(H,15,16). The van der Waals surface area contributed by atoms with Crippen LogP contribution in [0.1, 0.15) is 18.0 Å². The summed E-state index contributed by atoms with van der Waals surface area (Å²) in [6.07, 6.45) is 1.92. The average Bonchev–Trinajstić information content (AvgIpc) is 2.59. The maximum Gasteiger partial charge on any atom is 0.305 e. The van der Waals surface area contributed by atoms with Crippen LogP contribution in [0.25, 0.3) is 10.9 Å². The van der Waals surface area contributed by atoms with Gasteiger partial charge in [-0.1, -0.05) is 12.1 Å². The third kappa shape index (κ3) is 1.92. The molecule has 0 bridgehead atoms. The lowest BCUT2D eigenvalue weighted by atomic mass is 10.0. The number of fused-ring (bicyclic) bond motifs is 1. The van der Waals surface area contributed by atoms with Crippen molar-refractivity contribution in [3.63, 3.8) is 0 Å². The maximum absolute atomic E-state index is 10.6. The largest absolute Gasteiger partial charge is 0.481 e. The van der Waals surface area contributed by atoms with Crippen LogP contribution < -0.4 is 5.73 Å². The number of carboxylic acid groups (broad SMARTS) is 1. The van der Waals surface area contributed by atoms with Gasteiger partial charge in [-0.2, -0.15) is 0 Å². The Morgan fingerprint density at radius 3 is 2.94 bits per heavy atom. The van der Waals surface area contributed by atoms with E-state index in [1.54, 1.807) is 0 Å². The van der Waals surface area contributed by atoms with Crippen molar-refractivity contribution in [1.82, 2.24) is 4.57 Å². The Morgan fingerprint density at radius 1 is 1.50 bits per heavy atom. The van der Waals surface area contributed by atoms with Gasteiger partial charge in [0.25, 0.3) is 0 Å². The lowest BCUT2D eigenvalue weighted by Crippen LogP contribution is -2.14. The van der Waals surface area contributed by atoms with Gasteiger partial charge in [0.15, 0.2) is 0 Å². The quantitative estimate of drug-likeness (QED) is 0.823. The van der Waals surface area contributed by atoms with E-state index < -0.39 is 12.0 Å². The van der Waals surface area contributed by atoms with Crippen LogP contribution in [-0.4, -0.2) is 15.6 Å². The summed E-state index contributed by atoms with van der Waals surface area (Å²) < 4.78 is 1.99. The molecule has 0 aliphatic carbocycles. The van der Waals surface area contributed by atoms with Crippen LogP contribution in [0.15, 0.2) is 30.5 Å². The molecule has 0 aliphatic rings. The number of carboxylic acids is 1. The molecule has 4 heteroatoms. The molecule has 0 saturated heterocycles. The second-order valence-electron chi connectivity index (χ2n) is 3.95. The van der Waals surface area contributed by atoms with Crippen LogP contribution in [0.3, 0.4) is 0 Å². The molecule has 2 aromatic rings. The fourth-order valence-corrected chi connectivity index (χ4v) is 1.82. The Balaban J connectivity index is 2.38. The van der Waals surface area contributed by atoms with E-state index in [1.807, 2.05) is 42.1 Å². The van der Waals surface area contributed by atoms with Crippen LogP contribution in [0.2, 0.25) is 0 Å². The summed E-state index contributed by atoms with van der Waals surface area (Å²) in [6, 6.07) is 7.37. The summed E-state index contributed by atoms with van der Waals surface area (Å²) in [4.78, 5) is 10.6. The van der Waals surface area contributed by atoms with E-state index in [0.29, 0.717) is 0 Å². The summed E-state index contributed by atoms with van der Waals surface area (Å²) in [5.74, 6) is -0.875. The minimum atomic E-state index is -0.875. The van der Waals surface area contributed by atoms with Crippen LogP contribution in [0.5, 0.6) is 0 Å². The third-order valence-electron chi connectivity index (χ3n) is 2.73. The van der Waals surface area contributed by atoms with Crippen molar-refractivity contribution in [2.24, 2.45) is 12.8 Å². The van der Waals surface area contributed by atoms with Gasteiger partial charge in [-0.25, -0.2) is 0 Å². The van der Waals surface area contributed by atoms with E-state index in [0.717, 1.165) is 16.5 Å². The smallest absolute Gasteiger partial charge is 0.305 e. The first-order valence-corrected chi connectivity index (χ1v) is 5.10. The number of benzene rings is 1. The predicted molar refractivity (Wildman–Crippen MR) is 62.1 cm³/mol. The molecule has 1 aromatic heterocycles. The number of rotatable bonds is 3. The highest BCUT2D eigenvalue weighted by molar-refractivity contribution is 5.81. The molecule has 3 N–H and O–H groups in total. The number of aromatic nitrogens is 1. The van der Waals surface area contributed by atoms with Gasteiger partial charge in [-0.05, 0) is 23.1 Å². The van der Waals surface area contributed by atoms with Gasteiger partial charge in [0, 0.05) is 24.8 Å². The number of nitrogens with zero attached hydrogens (tertiary/aromatic N) is 1. The van der Waals surface area contributed by atoms with Crippen LogP contribution in [0.4, 0.5) is 0 Å². The highest BCUT2D eigenvalue weighted by atomic mass is 16.4. The van der Waals surface area contributed by atoms with Gasteiger partial charge in [-0.3, -0.25) is 4.79 Å². The van der Waals surface area contributed by atoms with Gasteiger partial charge in [0.1, 0.15) is 0 Å². The molecule has 0 amide bonds. The molecule has 0 spiro atoms. The summed E-state index contributed by atoms with van der Waals surface area (Å²) in [6.45, 7) is 0. The zero-order valence-electron chi connectivity index (χ0n) is 9.05. The first-order valence-electron chi connectivity index (χ1n) is 5.10. The summed E-state index contributed by atoms with van der Waals surface area (Å²) in [5.41, 5.74) is 7.74. The van der Waals surface area contributed by atoms with Crippen LogP contribution in [0, 0.1) is 0 Å². The van der Waals surface area contributed by atoms with Gasteiger partial charge < -0.3 is 15.4 Å². The molecule has 1 atom stereocenters. The Hall–Kier alpha value is -1.81. The number of carbonyl (C=O) groups is 1. The van der Waals surface area contributed by atoms with Crippen molar-refractivity contribution in [1.29, 1.82) is 0 Å². The topological polar surface area (TPSA) is 68.2 Å². The molecule has 1 unspecified atom stereocenters. The first-order chi connectivity index (χ1) is 7.58. The van der Waals surface area contributed by atoms with E-state index in [9.17, 15) is 4.79 Å². The highest BCUT2D eigenvalue weighted by Gasteiger charge is 2.11. The second kappa shape index (κ2) is 3.98. The molecule has 0 saturated carbocycles. The van der Waals surface area contributed by atoms with Gasteiger partial charge >= 0.3 is 5.97 Å². The van der Waals surface area contributed by atoms with E-state index in [2.05, 4.69) is 0 Å². The summed E-state index contributed by atoms with van der Waals surface area (Å²) in [5, 5.41) is 9.82. The average molecular weight is 218 g/mol. The molecule has 2 rings (SSSR count). The number of nitrogens with two attached hydrogens (primary N) is 1. The van der Waals surface area contributed by atoms with Crippen molar-refractivity contribution < 1.29 is 9.90 Å². The molecule has 0 radical (unpaired) electrons. The Morgan fingerprint density at radius 2 is 2.25 bits per heavy atom. The van der Waals surface area contributed by atoms with E-state index >= 15 is 0 Å². The zero-order chi connectivity index (χ0) is 11.7. The fraction of sp³-hybridized carbons (Fsp3) is 0.250. The van der Waals surface area contributed by atoms with Crippen molar-refractivity contribution in [3.05, 3.63) is 36.0 Å². The molecule has 16 heavy (non-hydrogen) atoms. The van der Waals surface area contributed by atoms with Crippen LogP contribution >= 0.6 is 0 Å². The van der Waals surface area contributed by atoms with E-state index in [1.165, 1.54) is 0 Å². The molecule has 0 fully saturated rings. The Labute approximate surface area is 93.3 Å². The van der Waals surface area contributed by atoms with Crippen molar-refractivity contribution in [3.8, 4) is 0 Å². The van der Waals surface area contributed by atoms with Gasteiger partial charge in [0.2, 0.25) is 0 Å². The van der Waals surface area contributed by atoms with Gasteiger partial charge in [0.05, 0.1) is 6.42 Å². The van der Waals surface area contributed by atoms with E-state index in [-0.39, 0.29) is 6.42 Å². The third-order valence-corrected chi connectivity index (χ3v) is 2.73. The molecular weight excluding hydrogens is 204 g/mol. The lowest BCUT2D eigenvalue weighted by molar-refractivity contribution is -0.137. The number of aryl methyl sites for hydroxylation is 1. The van der Waals surface area contributed by atoms with Crippen LogP contribution in [-0.2, 0) is 11.8 Å². The number of hydrogen-bond donors (Lipinski definition) is 2. The molecule has 0 aliphatic heterocycles. The molecule has 1 aromatic carbocycles. The number of aliphatic carboxylic acids is 1. The Kier molecular flexibility index (Phi) is 2.66. The predicted octanol–water partition coefficient (Wildman–Crippen LogP) is 1.65. The van der Waals surface area contributed by atoms with Crippen molar-refractivity contribution in [2.45, 2.75) is 12.5 Å². The van der Waals surface area contributed by atoms with Crippen molar-refractivity contribution >= 4 is 16.9 Å². The van der Waals surface area contributed by atoms with E-state index in [4.69, 9.17) is 10.8 Å². The maximum atomic E-state index is 10.6. The minimum absolute atomic E-state index is 0.0457. The fourth-order valence-electron chi connectivity index (χ4n) is 1.82. The SMILES string of the molecule is Cn1ccc2ccc(C(N)CC(=O)O)cc21. The summed E-state index contributed by atoms with van der Waals surface area (Å²) >= 11 is 0. The first kappa shape index (κ1) is 10.7. The number of hydrogen-bond acceptors (Lipinski definition) is 2. The second-order valence-corrected chi connectivity index (χ2v) is 3.95. The Bertz CT molecular complexity index is 531. The zero-order valence-corrected chi connectivity index (χ0v) is 9.05. The molecule has 84 valence electrons. The minimum Gasteiger partial charge on any atom is -0.481 e. The highest BCUT2D eigenvalue weighted by Crippen LogP contribution is 2.21. The monoisotopic (exact) mass is 218 g/mol.